The smallest absolute Gasteiger partial charge is 0.317 e. The van der Waals surface area contributed by atoms with Crippen LogP contribution in [0.25, 0.3) is 0 Å². The van der Waals surface area contributed by atoms with Crippen LogP contribution in [0.5, 0.6) is 0 Å². The van der Waals surface area contributed by atoms with Gasteiger partial charge in [0.2, 0.25) is 5.89 Å². The molecule has 0 aliphatic rings. The molecule has 0 aromatic carbocycles. The molecule has 0 saturated heterocycles. The summed E-state index contributed by atoms with van der Waals surface area (Å²) in [6.07, 6.45) is 0.369. The predicted molar refractivity (Wildman–Crippen MR) is 61.2 cm³/mol. The maximum absolute atomic E-state index is 9.17. The van der Waals surface area contributed by atoms with Gasteiger partial charge in [0, 0.05) is 13.6 Å². The van der Waals surface area contributed by atoms with Crippen LogP contribution in [0.2, 0.25) is 0 Å². The molecule has 1 aromatic heterocycles. The number of anilines is 1. The summed E-state index contributed by atoms with van der Waals surface area (Å²) in [4.78, 5) is 1.84. The quantitative estimate of drug-likeness (QED) is 0.703. The van der Waals surface area contributed by atoms with E-state index in [-0.39, 0.29) is 6.10 Å². The van der Waals surface area contributed by atoms with E-state index in [0.717, 1.165) is 6.54 Å². The Bertz CT molecular complexity index is 301. The molecule has 0 amide bonds. The minimum Gasteiger partial charge on any atom is -0.407 e. The molecule has 6 heteroatoms. The number of nitrogens with one attached hydrogen (secondary N) is 1. The number of hydrogen-bond donors (Lipinski definition) is 2. The second kappa shape index (κ2) is 6.44. The maximum atomic E-state index is 9.17. The van der Waals surface area contributed by atoms with Crippen molar-refractivity contribution in [2.75, 3.05) is 25.0 Å². The molecule has 0 bridgehead atoms. The molecule has 0 fully saturated rings. The lowest BCUT2D eigenvalue weighted by molar-refractivity contribution is 0.186. The molecule has 16 heavy (non-hydrogen) atoms. The van der Waals surface area contributed by atoms with Gasteiger partial charge in [0.25, 0.3) is 0 Å². The van der Waals surface area contributed by atoms with Crippen LogP contribution in [0.1, 0.15) is 26.2 Å². The molecule has 1 unspecified atom stereocenters. The highest BCUT2D eigenvalue weighted by Gasteiger charge is 2.10. The maximum Gasteiger partial charge on any atom is 0.317 e. The SMILES string of the molecule is CCNCc1nnc(N(C)CCC(C)O)o1. The van der Waals surface area contributed by atoms with Gasteiger partial charge in [-0.15, -0.1) is 5.10 Å². The Morgan fingerprint density at radius 2 is 2.25 bits per heavy atom. The molecular weight excluding hydrogens is 208 g/mol. The minimum atomic E-state index is -0.313. The lowest BCUT2D eigenvalue weighted by Crippen LogP contribution is -2.22. The minimum absolute atomic E-state index is 0.313. The highest BCUT2D eigenvalue weighted by molar-refractivity contribution is 5.21. The van der Waals surface area contributed by atoms with Crippen LogP contribution in [0.3, 0.4) is 0 Å². The summed E-state index contributed by atoms with van der Waals surface area (Å²) in [5.41, 5.74) is 0. The van der Waals surface area contributed by atoms with Crippen LogP contribution in [-0.2, 0) is 6.54 Å². The number of aliphatic hydroxyl groups is 1. The summed E-state index contributed by atoms with van der Waals surface area (Å²) >= 11 is 0. The molecule has 6 nitrogen and oxygen atoms in total. The van der Waals surface area contributed by atoms with E-state index in [2.05, 4.69) is 15.5 Å². The summed E-state index contributed by atoms with van der Waals surface area (Å²) in [6.45, 7) is 5.94. The zero-order chi connectivity index (χ0) is 12.0. The zero-order valence-corrected chi connectivity index (χ0v) is 10.1. The lowest BCUT2D eigenvalue weighted by Gasteiger charge is -2.14. The van der Waals surface area contributed by atoms with E-state index < -0.39 is 0 Å². The van der Waals surface area contributed by atoms with Gasteiger partial charge in [0.15, 0.2) is 0 Å². The van der Waals surface area contributed by atoms with Crippen molar-refractivity contribution in [3.05, 3.63) is 5.89 Å². The number of hydrogen-bond acceptors (Lipinski definition) is 6. The van der Waals surface area contributed by atoms with Gasteiger partial charge in [0.1, 0.15) is 0 Å². The zero-order valence-electron chi connectivity index (χ0n) is 10.1. The topological polar surface area (TPSA) is 74.4 Å². The van der Waals surface area contributed by atoms with Crippen molar-refractivity contribution in [1.82, 2.24) is 15.5 Å². The second-order valence-electron chi connectivity index (χ2n) is 3.82. The Labute approximate surface area is 95.7 Å². The van der Waals surface area contributed by atoms with E-state index >= 15 is 0 Å². The molecule has 1 heterocycles. The van der Waals surface area contributed by atoms with Crippen LogP contribution in [0, 0.1) is 0 Å². The summed E-state index contributed by atoms with van der Waals surface area (Å²) < 4.78 is 5.44. The summed E-state index contributed by atoms with van der Waals surface area (Å²) in [6, 6.07) is 0.494. The lowest BCUT2D eigenvalue weighted by atomic mass is 10.3. The first-order valence-corrected chi connectivity index (χ1v) is 5.55. The van der Waals surface area contributed by atoms with E-state index in [4.69, 9.17) is 9.52 Å². The van der Waals surface area contributed by atoms with E-state index in [1.807, 2.05) is 18.9 Å². The average molecular weight is 228 g/mol. The van der Waals surface area contributed by atoms with Crippen molar-refractivity contribution in [3.63, 3.8) is 0 Å². The first-order valence-electron chi connectivity index (χ1n) is 5.55. The van der Waals surface area contributed by atoms with Gasteiger partial charge in [-0.25, -0.2) is 0 Å². The Morgan fingerprint density at radius 1 is 1.50 bits per heavy atom. The average Bonchev–Trinajstić information content (AvgIpc) is 2.71. The third-order valence-corrected chi connectivity index (χ3v) is 2.19. The van der Waals surface area contributed by atoms with E-state index in [1.54, 1.807) is 6.92 Å². The van der Waals surface area contributed by atoms with Crippen LogP contribution in [0.15, 0.2) is 4.42 Å². The number of aliphatic hydroxyl groups excluding tert-OH is 1. The molecule has 0 radical (unpaired) electrons. The van der Waals surface area contributed by atoms with E-state index in [0.29, 0.717) is 31.4 Å². The molecular formula is C10H20N4O2. The van der Waals surface area contributed by atoms with Crippen LogP contribution in [-0.4, -0.2) is 41.5 Å². The van der Waals surface area contributed by atoms with Gasteiger partial charge in [-0.3, -0.25) is 0 Å². The monoisotopic (exact) mass is 228 g/mol. The van der Waals surface area contributed by atoms with Crippen LogP contribution >= 0.6 is 0 Å². The largest absolute Gasteiger partial charge is 0.407 e. The molecule has 2 N–H and O–H groups in total. The Morgan fingerprint density at radius 3 is 2.88 bits per heavy atom. The van der Waals surface area contributed by atoms with Crippen LogP contribution in [0.4, 0.5) is 6.01 Å². The third-order valence-electron chi connectivity index (χ3n) is 2.19. The summed E-state index contributed by atoms with van der Waals surface area (Å²) in [5.74, 6) is 0.584. The van der Waals surface area contributed by atoms with Crippen molar-refractivity contribution in [3.8, 4) is 0 Å². The predicted octanol–water partition coefficient (Wildman–Crippen LogP) is 0.386. The molecule has 1 atom stereocenters. The second-order valence-corrected chi connectivity index (χ2v) is 3.82. The highest BCUT2D eigenvalue weighted by atomic mass is 16.4. The molecule has 1 rings (SSSR count). The van der Waals surface area contributed by atoms with Crippen molar-refractivity contribution in [1.29, 1.82) is 0 Å². The fourth-order valence-corrected chi connectivity index (χ4v) is 1.18. The van der Waals surface area contributed by atoms with Gasteiger partial charge < -0.3 is 19.7 Å². The normalized spacial score (nSPS) is 12.8. The fraction of sp³-hybridized carbons (Fsp3) is 0.800. The van der Waals surface area contributed by atoms with E-state index in [1.165, 1.54) is 0 Å². The Hall–Kier alpha value is -1.14. The Balaban J connectivity index is 2.43. The van der Waals surface area contributed by atoms with Gasteiger partial charge in [-0.05, 0) is 19.9 Å². The first-order chi connectivity index (χ1) is 7.63. The van der Waals surface area contributed by atoms with Gasteiger partial charge in [-0.2, -0.15) is 0 Å². The molecule has 0 spiro atoms. The molecule has 0 aliphatic carbocycles. The summed E-state index contributed by atoms with van der Waals surface area (Å²) in [5, 5.41) is 20.1. The van der Waals surface area contributed by atoms with Crippen molar-refractivity contribution in [2.45, 2.75) is 32.9 Å². The van der Waals surface area contributed by atoms with Crippen molar-refractivity contribution < 1.29 is 9.52 Å². The Kier molecular flexibility index (Phi) is 5.21. The summed E-state index contributed by atoms with van der Waals surface area (Å²) in [7, 11) is 1.87. The standard InChI is InChI=1S/C10H20N4O2/c1-4-11-7-9-12-13-10(16-9)14(3)6-5-8(2)15/h8,11,15H,4-7H2,1-3H3. The third kappa shape index (κ3) is 4.16. The number of nitrogens with zero attached hydrogens (tertiary/aromatic N) is 3. The molecule has 1 aromatic rings. The fourth-order valence-electron chi connectivity index (χ4n) is 1.18. The van der Waals surface area contributed by atoms with Gasteiger partial charge >= 0.3 is 6.01 Å². The van der Waals surface area contributed by atoms with Crippen molar-refractivity contribution >= 4 is 6.01 Å². The molecule has 0 saturated carbocycles. The van der Waals surface area contributed by atoms with Gasteiger partial charge in [0.05, 0.1) is 12.6 Å². The number of rotatable bonds is 7. The van der Waals surface area contributed by atoms with Gasteiger partial charge in [-0.1, -0.05) is 12.0 Å². The highest BCUT2D eigenvalue weighted by Crippen LogP contribution is 2.10. The molecule has 92 valence electrons. The van der Waals surface area contributed by atoms with E-state index in [9.17, 15) is 0 Å². The van der Waals surface area contributed by atoms with Crippen molar-refractivity contribution in [2.24, 2.45) is 0 Å². The number of aromatic nitrogens is 2. The first kappa shape index (κ1) is 12.9. The van der Waals surface area contributed by atoms with Crippen LogP contribution < -0.4 is 10.2 Å². The molecule has 0 aliphatic heterocycles.